The predicted octanol–water partition coefficient (Wildman–Crippen LogP) is 2.72. The second-order valence-corrected chi connectivity index (χ2v) is 5.82. The van der Waals surface area contributed by atoms with Gasteiger partial charge >= 0.3 is 0 Å². The number of hydrazine groups is 1. The van der Waals surface area contributed by atoms with Crippen molar-refractivity contribution in [1.29, 1.82) is 0 Å². The van der Waals surface area contributed by atoms with E-state index in [0.717, 1.165) is 6.42 Å². The lowest BCUT2D eigenvalue weighted by Gasteiger charge is -2.14. The Morgan fingerprint density at radius 1 is 1.20 bits per heavy atom. The molecule has 0 unspecified atom stereocenters. The molecule has 0 spiro atoms. The van der Waals surface area contributed by atoms with E-state index in [4.69, 9.17) is 9.47 Å². The molecule has 0 radical (unpaired) electrons. The first-order valence-corrected chi connectivity index (χ1v) is 8.38. The fourth-order valence-corrected chi connectivity index (χ4v) is 2.50. The first kappa shape index (κ1) is 18.7. The maximum atomic E-state index is 12.3. The van der Waals surface area contributed by atoms with Gasteiger partial charge in [0.25, 0.3) is 11.8 Å². The Bertz CT molecular complexity index is 753. The highest BCUT2D eigenvalue weighted by Crippen LogP contribution is 2.36. The van der Waals surface area contributed by atoms with E-state index in [0.29, 0.717) is 28.1 Å². The number of rotatable bonds is 6. The fraction of sp³-hybridized carbons (Fsp3) is 0.235. The quantitative estimate of drug-likeness (QED) is 0.718. The Labute approximate surface area is 153 Å². The van der Waals surface area contributed by atoms with Crippen molar-refractivity contribution < 1.29 is 19.1 Å². The van der Waals surface area contributed by atoms with Gasteiger partial charge in [0.1, 0.15) is 5.69 Å². The van der Waals surface area contributed by atoms with Gasteiger partial charge in [-0.3, -0.25) is 25.4 Å². The molecule has 1 aromatic carbocycles. The molecule has 8 heteroatoms. The van der Waals surface area contributed by atoms with E-state index in [1.165, 1.54) is 19.4 Å². The van der Waals surface area contributed by atoms with Gasteiger partial charge < -0.3 is 9.47 Å². The summed E-state index contributed by atoms with van der Waals surface area (Å²) in [7, 11) is 1.49. The third kappa shape index (κ3) is 4.93. The average Bonchev–Trinajstić information content (AvgIpc) is 2.64. The molecule has 0 fully saturated rings. The summed E-state index contributed by atoms with van der Waals surface area (Å²) >= 11 is 3.37. The molecule has 0 aliphatic rings. The van der Waals surface area contributed by atoms with Crippen LogP contribution in [0, 0.1) is 0 Å². The minimum Gasteiger partial charge on any atom is -0.493 e. The van der Waals surface area contributed by atoms with Crippen LogP contribution in [-0.4, -0.2) is 30.5 Å². The maximum Gasteiger partial charge on any atom is 0.288 e. The molecule has 1 heterocycles. The fourth-order valence-electron chi connectivity index (χ4n) is 1.94. The number of halogens is 1. The zero-order chi connectivity index (χ0) is 18.2. The van der Waals surface area contributed by atoms with Gasteiger partial charge in [-0.25, -0.2) is 0 Å². The predicted molar refractivity (Wildman–Crippen MR) is 95.6 cm³/mol. The average molecular weight is 408 g/mol. The maximum absolute atomic E-state index is 12.3. The lowest BCUT2D eigenvalue weighted by Crippen LogP contribution is -2.41. The number of hydrogen-bond acceptors (Lipinski definition) is 5. The number of nitrogens with zero attached hydrogens (tertiary/aromatic N) is 1. The van der Waals surface area contributed by atoms with Crippen LogP contribution in [0.5, 0.6) is 11.5 Å². The summed E-state index contributed by atoms with van der Waals surface area (Å²) in [4.78, 5) is 28.1. The molecule has 2 rings (SSSR count). The Kier molecular flexibility index (Phi) is 6.76. The molecule has 2 aromatic rings. The van der Waals surface area contributed by atoms with E-state index in [-0.39, 0.29) is 5.69 Å². The van der Waals surface area contributed by atoms with Crippen LogP contribution in [0.3, 0.4) is 0 Å². The second-order valence-electron chi connectivity index (χ2n) is 4.96. The summed E-state index contributed by atoms with van der Waals surface area (Å²) in [5.74, 6) is -0.0596. The van der Waals surface area contributed by atoms with Crippen molar-refractivity contribution >= 4 is 27.7 Å². The summed E-state index contributed by atoms with van der Waals surface area (Å²) in [6, 6.07) is 8.05. The molecule has 2 N–H and O–H groups in total. The van der Waals surface area contributed by atoms with Gasteiger partial charge in [0.05, 0.1) is 18.2 Å². The van der Waals surface area contributed by atoms with E-state index in [1.807, 2.05) is 6.92 Å². The number of nitrogens with one attached hydrogen (secondary N) is 2. The number of benzene rings is 1. The smallest absolute Gasteiger partial charge is 0.288 e. The van der Waals surface area contributed by atoms with Gasteiger partial charge in [0.2, 0.25) is 0 Å². The third-order valence-corrected chi connectivity index (χ3v) is 3.72. The van der Waals surface area contributed by atoms with E-state index < -0.39 is 11.8 Å². The topological polar surface area (TPSA) is 89.6 Å². The highest BCUT2D eigenvalue weighted by atomic mass is 79.9. The van der Waals surface area contributed by atoms with Crippen LogP contribution in [0.1, 0.15) is 34.2 Å². The van der Waals surface area contributed by atoms with Crippen LogP contribution < -0.4 is 20.3 Å². The molecule has 0 aliphatic heterocycles. The van der Waals surface area contributed by atoms with Crippen LogP contribution in [0.4, 0.5) is 0 Å². The Hall–Kier alpha value is -2.61. The SMILES string of the molecule is CCCOc1c(Br)cc(C(=O)NNC(=O)c2ccccn2)cc1OC. The number of pyridine rings is 1. The van der Waals surface area contributed by atoms with Gasteiger partial charge in [-0.15, -0.1) is 0 Å². The van der Waals surface area contributed by atoms with Crippen molar-refractivity contribution in [3.8, 4) is 11.5 Å². The molecule has 0 saturated heterocycles. The number of methoxy groups -OCH3 is 1. The molecule has 132 valence electrons. The summed E-state index contributed by atoms with van der Waals surface area (Å²) in [6.07, 6.45) is 2.34. The molecule has 7 nitrogen and oxygen atoms in total. The van der Waals surface area contributed by atoms with Crippen LogP contribution in [-0.2, 0) is 0 Å². The highest BCUT2D eigenvalue weighted by molar-refractivity contribution is 9.10. The van der Waals surface area contributed by atoms with Crippen molar-refractivity contribution in [3.63, 3.8) is 0 Å². The molecular weight excluding hydrogens is 390 g/mol. The highest BCUT2D eigenvalue weighted by Gasteiger charge is 2.16. The summed E-state index contributed by atoms with van der Waals surface area (Å²) in [5, 5.41) is 0. The second kappa shape index (κ2) is 9.03. The normalized spacial score (nSPS) is 10.0. The van der Waals surface area contributed by atoms with Gasteiger partial charge in [0.15, 0.2) is 11.5 Å². The number of aromatic nitrogens is 1. The monoisotopic (exact) mass is 407 g/mol. The lowest BCUT2D eigenvalue weighted by molar-refractivity contribution is 0.0843. The van der Waals surface area contributed by atoms with Gasteiger partial charge in [0, 0.05) is 11.8 Å². The molecule has 0 bridgehead atoms. The minimum atomic E-state index is -0.511. The van der Waals surface area contributed by atoms with Crippen LogP contribution >= 0.6 is 15.9 Å². The molecule has 25 heavy (non-hydrogen) atoms. The largest absolute Gasteiger partial charge is 0.493 e. The Balaban J connectivity index is 2.08. The lowest BCUT2D eigenvalue weighted by atomic mass is 10.2. The van der Waals surface area contributed by atoms with Gasteiger partial charge in [-0.05, 0) is 46.6 Å². The summed E-state index contributed by atoms with van der Waals surface area (Å²) in [6.45, 7) is 2.52. The van der Waals surface area contributed by atoms with E-state index >= 15 is 0 Å². The minimum absolute atomic E-state index is 0.199. The van der Waals surface area contributed by atoms with Crippen molar-refractivity contribution in [2.75, 3.05) is 13.7 Å². The molecule has 0 saturated carbocycles. The van der Waals surface area contributed by atoms with Crippen LogP contribution in [0.2, 0.25) is 0 Å². The van der Waals surface area contributed by atoms with E-state index in [1.54, 1.807) is 24.3 Å². The summed E-state index contributed by atoms with van der Waals surface area (Å²) in [5.41, 5.74) is 5.16. The molecule has 2 amide bonds. The zero-order valence-electron chi connectivity index (χ0n) is 13.8. The number of hydrogen-bond donors (Lipinski definition) is 2. The van der Waals surface area contributed by atoms with Gasteiger partial charge in [-0.2, -0.15) is 0 Å². The van der Waals surface area contributed by atoms with E-state index in [9.17, 15) is 9.59 Å². The molecule has 1 aromatic heterocycles. The standard InChI is InChI=1S/C17H18BrN3O4/c1-3-8-25-15-12(18)9-11(10-14(15)24-2)16(22)20-21-17(23)13-6-4-5-7-19-13/h4-7,9-10H,3,8H2,1-2H3,(H,20,22)(H,21,23). The van der Waals surface area contributed by atoms with Crippen molar-refractivity contribution in [2.24, 2.45) is 0 Å². The third-order valence-electron chi connectivity index (χ3n) is 3.13. The first-order chi connectivity index (χ1) is 12.1. The van der Waals surface area contributed by atoms with Crippen LogP contribution in [0.15, 0.2) is 41.0 Å². The number of carbonyl (C=O) groups excluding carboxylic acids is 2. The van der Waals surface area contributed by atoms with Gasteiger partial charge in [-0.1, -0.05) is 13.0 Å². The van der Waals surface area contributed by atoms with Crippen molar-refractivity contribution in [3.05, 3.63) is 52.3 Å². The molecule has 0 aliphatic carbocycles. The Morgan fingerprint density at radius 2 is 1.96 bits per heavy atom. The van der Waals surface area contributed by atoms with Crippen LogP contribution in [0.25, 0.3) is 0 Å². The number of carbonyl (C=O) groups is 2. The van der Waals surface area contributed by atoms with Crippen molar-refractivity contribution in [2.45, 2.75) is 13.3 Å². The molecular formula is C17H18BrN3O4. The first-order valence-electron chi connectivity index (χ1n) is 7.58. The number of ether oxygens (including phenoxy) is 2. The zero-order valence-corrected chi connectivity index (χ0v) is 15.4. The Morgan fingerprint density at radius 3 is 2.60 bits per heavy atom. The number of amides is 2. The molecule has 0 atom stereocenters. The van der Waals surface area contributed by atoms with Crippen molar-refractivity contribution in [1.82, 2.24) is 15.8 Å². The van der Waals surface area contributed by atoms with E-state index in [2.05, 4.69) is 31.8 Å². The summed E-state index contributed by atoms with van der Waals surface area (Å²) < 4.78 is 11.5.